The quantitative estimate of drug-likeness (QED) is 0.656. The van der Waals surface area contributed by atoms with E-state index < -0.39 is 10.0 Å². The molecule has 0 aromatic carbocycles. The highest BCUT2D eigenvalue weighted by Crippen LogP contribution is 2.30. The van der Waals surface area contributed by atoms with Crippen LogP contribution in [-0.4, -0.2) is 44.3 Å². The molecule has 4 nitrogen and oxygen atoms in total. The molecule has 0 fully saturated rings. The molecule has 0 aliphatic rings. The van der Waals surface area contributed by atoms with Crippen molar-refractivity contribution in [1.29, 1.82) is 0 Å². The zero-order chi connectivity index (χ0) is 15.3. The van der Waals surface area contributed by atoms with Crippen LogP contribution in [0.4, 0.5) is 0 Å². The molecule has 0 bridgehead atoms. The van der Waals surface area contributed by atoms with Crippen LogP contribution < -0.4 is 0 Å². The van der Waals surface area contributed by atoms with Crippen LogP contribution in [0.3, 0.4) is 0 Å². The Bertz CT molecular complexity index is 354. The van der Waals surface area contributed by atoms with Gasteiger partial charge in [0.25, 0.3) is 0 Å². The van der Waals surface area contributed by atoms with Gasteiger partial charge < -0.3 is 4.74 Å². The van der Waals surface area contributed by atoms with Crippen molar-refractivity contribution in [3.8, 4) is 0 Å². The first kappa shape index (κ1) is 18.9. The van der Waals surface area contributed by atoms with Crippen LogP contribution in [0.1, 0.15) is 53.9 Å². The topological polar surface area (TPSA) is 46.6 Å². The summed E-state index contributed by atoms with van der Waals surface area (Å²) in [5, 5.41) is 0. The standard InChI is InChI=1S/C14H31NO3S/c1-8-13(11-18-12(3)4)10-14(5,9-2)15(6)19(7,16)17/h12-13H,8-11H2,1-7H3. The van der Waals surface area contributed by atoms with Gasteiger partial charge in [-0.25, -0.2) is 8.42 Å². The van der Waals surface area contributed by atoms with Crippen LogP contribution in [0.5, 0.6) is 0 Å². The van der Waals surface area contributed by atoms with Gasteiger partial charge in [0.15, 0.2) is 0 Å². The molecule has 0 aliphatic carbocycles. The van der Waals surface area contributed by atoms with Gasteiger partial charge in [-0.2, -0.15) is 4.31 Å². The summed E-state index contributed by atoms with van der Waals surface area (Å²) >= 11 is 0. The summed E-state index contributed by atoms with van der Waals surface area (Å²) in [5.41, 5.74) is -0.339. The van der Waals surface area contributed by atoms with E-state index in [1.165, 1.54) is 10.6 Å². The molecule has 0 aromatic rings. The fourth-order valence-corrected chi connectivity index (χ4v) is 3.17. The summed E-state index contributed by atoms with van der Waals surface area (Å²) < 4.78 is 30.7. The van der Waals surface area contributed by atoms with E-state index in [2.05, 4.69) is 6.92 Å². The molecule has 0 spiro atoms. The smallest absolute Gasteiger partial charge is 0.211 e. The molecular weight excluding hydrogens is 262 g/mol. The van der Waals surface area contributed by atoms with Crippen molar-refractivity contribution in [2.75, 3.05) is 19.9 Å². The first-order valence-corrected chi connectivity index (χ1v) is 8.97. The average Bonchev–Trinajstić information content (AvgIpc) is 2.31. The van der Waals surface area contributed by atoms with Gasteiger partial charge in [-0.15, -0.1) is 0 Å². The van der Waals surface area contributed by atoms with E-state index in [4.69, 9.17) is 4.74 Å². The van der Waals surface area contributed by atoms with Gasteiger partial charge in [0.1, 0.15) is 0 Å². The van der Waals surface area contributed by atoms with E-state index in [0.29, 0.717) is 12.5 Å². The third kappa shape index (κ3) is 6.23. The fraction of sp³-hybridized carbons (Fsp3) is 1.00. The lowest BCUT2D eigenvalue weighted by atomic mass is 9.86. The monoisotopic (exact) mass is 293 g/mol. The molecule has 2 unspecified atom stereocenters. The zero-order valence-electron chi connectivity index (χ0n) is 13.6. The van der Waals surface area contributed by atoms with Crippen LogP contribution in [-0.2, 0) is 14.8 Å². The van der Waals surface area contributed by atoms with Gasteiger partial charge in [0.2, 0.25) is 10.0 Å². The van der Waals surface area contributed by atoms with Crippen LogP contribution in [0.15, 0.2) is 0 Å². The molecule has 2 atom stereocenters. The predicted molar refractivity (Wildman–Crippen MR) is 80.8 cm³/mol. The number of hydrogen-bond acceptors (Lipinski definition) is 3. The highest BCUT2D eigenvalue weighted by molar-refractivity contribution is 7.88. The van der Waals surface area contributed by atoms with Gasteiger partial charge in [-0.3, -0.25) is 0 Å². The lowest BCUT2D eigenvalue weighted by Gasteiger charge is -2.39. The molecule has 0 heterocycles. The van der Waals surface area contributed by atoms with Crippen molar-refractivity contribution in [3.05, 3.63) is 0 Å². The fourth-order valence-electron chi connectivity index (χ4n) is 2.17. The van der Waals surface area contributed by atoms with Gasteiger partial charge >= 0.3 is 0 Å². The van der Waals surface area contributed by atoms with Crippen molar-refractivity contribution in [2.24, 2.45) is 5.92 Å². The second kappa shape index (κ2) is 7.60. The van der Waals surface area contributed by atoms with Gasteiger partial charge in [0.05, 0.1) is 12.4 Å². The third-order valence-electron chi connectivity index (χ3n) is 3.99. The third-order valence-corrected chi connectivity index (χ3v) is 5.43. The SMILES string of the molecule is CCC(COC(C)C)CC(C)(CC)N(C)S(C)(=O)=O. The number of hydrogen-bond donors (Lipinski definition) is 0. The highest BCUT2D eigenvalue weighted by atomic mass is 32.2. The first-order chi connectivity index (χ1) is 8.56. The maximum absolute atomic E-state index is 11.8. The van der Waals surface area contributed by atoms with Gasteiger partial charge in [-0.05, 0) is 39.5 Å². The van der Waals surface area contributed by atoms with E-state index in [-0.39, 0.29) is 11.6 Å². The molecule has 116 valence electrons. The molecule has 0 aromatic heterocycles. The highest BCUT2D eigenvalue weighted by Gasteiger charge is 2.35. The minimum atomic E-state index is -3.17. The predicted octanol–water partition coefficient (Wildman–Crippen LogP) is 2.89. The van der Waals surface area contributed by atoms with E-state index in [0.717, 1.165) is 19.3 Å². The molecule has 19 heavy (non-hydrogen) atoms. The second-order valence-corrected chi connectivity index (χ2v) is 7.96. The Balaban J connectivity index is 4.84. The molecule has 0 saturated carbocycles. The van der Waals surface area contributed by atoms with Crippen molar-refractivity contribution in [3.63, 3.8) is 0 Å². The minimum absolute atomic E-state index is 0.217. The van der Waals surface area contributed by atoms with Crippen molar-refractivity contribution in [1.82, 2.24) is 4.31 Å². The molecule has 0 N–H and O–H groups in total. The molecule has 0 amide bonds. The van der Waals surface area contributed by atoms with Gasteiger partial charge in [0, 0.05) is 19.2 Å². The minimum Gasteiger partial charge on any atom is -0.379 e. The Morgan fingerprint density at radius 2 is 1.79 bits per heavy atom. The zero-order valence-corrected chi connectivity index (χ0v) is 14.4. The van der Waals surface area contributed by atoms with Crippen LogP contribution in [0.25, 0.3) is 0 Å². The first-order valence-electron chi connectivity index (χ1n) is 7.12. The number of rotatable bonds is 9. The Kier molecular flexibility index (Phi) is 7.55. The summed E-state index contributed by atoms with van der Waals surface area (Å²) in [6.45, 7) is 10.9. The Labute approximate surface area is 119 Å². The molecule has 0 aliphatic heterocycles. The van der Waals surface area contributed by atoms with E-state index in [1.807, 2.05) is 27.7 Å². The largest absolute Gasteiger partial charge is 0.379 e. The molecule has 0 rings (SSSR count). The molecule has 0 radical (unpaired) electrons. The van der Waals surface area contributed by atoms with Crippen molar-refractivity contribution < 1.29 is 13.2 Å². The lowest BCUT2D eigenvalue weighted by molar-refractivity contribution is 0.0340. The molecule has 5 heteroatoms. The Morgan fingerprint density at radius 1 is 1.26 bits per heavy atom. The Hall–Kier alpha value is -0.130. The van der Waals surface area contributed by atoms with E-state index in [9.17, 15) is 8.42 Å². The second-order valence-electron chi connectivity index (χ2n) is 5.94. The van der Waals surface area contributed by atoms with Crippen LogP contribution in [0.2, 0.25) is 0 Å². The van der Waals surface area contributed by atoms with Crippen LogP contribution in [0, 0.1) is 5.92 Å². The summed E-state index contributed by atoms with van der Waals surface area (Å²) in [4.78, 5) is 0. The number of ether oxygens (including phenoxy) is 1. The maximum Gasteiger partial charge on any atom is 0.211 e. The number of sulfonamides is 1. The van der Waals surface area contributed by atoms with Gasteiger partial charge in [-0.1, -0.05) is 20.3 Å². The normalized spacial score (nSPS) is 17.7. The Morgan fingerprint density at radius 3 is 2.11 bits per heavy atom. The molecule has 0 saturated heterocycles. The van der Waals surface area contributed by atoms with Crippen molar-refractivity contribution in [2.45, 2.75) is 65.5 Å². The lowest BCUT2D eigenvalue weighted by Crippen LogP contribution is -2.48. The number of nitrogens with zero attached hydrogens (tertiary/aromatic N) is 1. The molecular formula is C14H31NO3S. The summed E-state index contributed by atoms with van der Waals surface area (Å²) in [6, 6.07) is 0. The van der Waals surface area contributed by atoms with Crippen LogP contribution >= 0.6 is 0 Å². The summed E-state index contributed by atoms with van der Waals surface area (Å²) in [5.74, 6) is 0.386. The summed E-state index contributed by atoms with van der Waals surface area (Å²) in [6.07, 6.45) is 4.12. The van der Waals surface area contributed by atoms with Crippen molar-refractivity contribution >= 4 is 10.0 Å². The summed E-state index contributed by atoms with van der Waals surface area (Å²) in [7, 11) is -1.49. The van der Waals surface area contributed by atoms with E-state index in [1.54, 1.807) is 7.05 Å². The average molecular weight is 293 g/mol. The maximum atomic E-state index is 11.8. The van der Waals surface area contributed by atoms with E-state index >= 15 is 0 Å².